The number of benzene rings is 2. The Balaban J connectivity index is 1.73. The van der Waals surface area contributed by atoms with E-state index < -0.39 is 0 Å². The van der Waals surface area contributed by atoms with Gasteiger partial charge >= 0.3 is 0 Å². The minimum Gasteiger partial charge on any atom is -0.369 e. The number of para-hydroxylation sites is 1. The highest BCUT2D eigenvalue weighted by atomic mass is 15.3. The van der Waals surface area contributed by atoms with Crippen molar-refractivity contribution >= 4 is 5.69 Å². The second-order valence-corrected chi connectivity index (χ2v) is 6.03. The van der Waals surface area contributed by atoms with E-state index in [0.29, 0.717) is 12.1 Å². The fourth-order valence-corrected chi connectivity index (χ4v) is 3.21. The largest absolute Gasteiger partial charge is 0.369 e. The molecule has 0 spiro atoms. The van der Waals surface area contributed by atoms with Crippen molar-refractivity contribution in [3.63, 3.8) is 0 Å². The number of nitrogens with one attached hydrogen (secondary N) is 1. The first-order valence-corrected chi connectivity index (χ1v) is 7.92. The van der Waals surface area contributed by atoms with Crippen LogP contribution in [0.25, 0.3) is 0 Å². The van der Waals surface area contributed by atoms with Crippen LogP contribution in [0.2, 0.25) is 0 Å². The Bertz CT molecular complexity index is 538. The molecular weight excluding hydrogens is 256 g/mol. The first-order valence-electron chi connectivity index (χ1n) is 7.92. The summed E-state index contributed by atoms with van der Waals surface area (Å²) in [6.45, 7) is 4.55. The van der Waals surface area contributed by atoms with Crippen LogP contribution in [0.4, 0.5) is 5.69 Å². The maximum atomic E-state index is 3.73. The van der Waals surface area contributed by atoms with Crippen LogP contribution in [-0.4, -0.2) is 17.6 Å². The Hall–Kier alpha value is -1.80. The van der Waals surface area contributed by atoms with Crippen molar-refractivity contribution < 1.29 is 0 Å². The van der Waals surface area contributed by atoms with Gasteiger partial charge in [-0.2, -0.15) is 0 Å². The van der Waals surface area contributed by atoms with Crippen LogP contribution < -0.4 is 5.32 Å². The van der Waals surface area contributed by atoms with Crippen LogP contribution in [0, 0.1) is 5.92 Å². The van der Waals surface area contributed by atoms with Gasteiger partial charge in [-0.1, -0.05) is 55.5 Å². The summed E-state index contributed by atoms with van der Waals surface area (Å²) in [5.41, 5.74) is 2.61. The van der Waals surface area contributed by atoms with Crippen molar-refractivity contribution in [1.29, 1.82) is 0 Å². The molecule has 2 aromatic carbocycles. The third kappa shape index (κ3) is 3.64. The fourth-order valence-electron chi connectivity index (χ4n) is 3.21. The van der Waals surface area contributed by atoms with Crippen molar-refractivity contribution in [2.45, 2.75) is 32.5 Å². The van der Waals surface area contributed by atoms with E-state index in [0.717, 1.165) is 6.54 Å². The Morgan fingerprint density at radius 2 is 1.67 bits per heavy atom. The molecule has 1 aliphatic heterocycles. The van der Waals surface area contributed by atoms with Crippen molar-refractivity contribution in [1.82, 2.24) is 4.90 Å². The average Bonchev–Trinajstić information content (AvgIpc) is 2.53. The molecule has 0 saturated carbocycles. The molecule has 0 aliphatic carbocycles. The van der Waals surface area contributed by atoms with Crippen molar-refractivity contribution in [3.05, 3.63) is 66.2 Å². The summed E-state index contributed by atoms with van der Waals surface area (Å²) in [6.07, 6.45) is 3.01. The van der Waals surface area contributed by atoms with Crippen LogP contribution in [0.5, 0.6) is 0 Å². The molecule has 2 aromatic rings. The van der Waals surface area contributed by atoms with Gasteiger partial charge in [0.25, 0.3) is 0 Å². The molecule has 1 N–H and O–H groups in total. The van der Waals surface area contributed by atoms with E-state index in [1.165, 1.54) is 30.6 Å². The van der Waals surface area contributed by atoms with Gasteiger partial charge in [0.15, 0.2) is 0 Å². The standard InChI is InChI=1S/C19H24N2/c1-16-9-8-14-21(15-17-10-4-2-5-11-17)19(16)20-18-12-6-3-7-13-18/h2-7,10-13,16,19-20H,8-9,14-15H2,1H3. The molecule has 2 nitrogen and oxygen atoms in total. The monoisotopic (exact) mass is 280 g/mol. The summed E-state index contributed by atoms with van der Waals surface area (Å²) in [6, 6.07) is 21.3. The van der Waals surface area contributed by atoms with Crippen LogP contribution >= 0.6 is 0 Å². The van der Waals surface area contributed by atoms with Gasteiger partial charge < -0.3 is 5.32 Å². The predicted octanol–water partition coefficient (Wildman–Crippen LogP) is 4.36. The number of nitrogens with zero attached hydrogens (tertiary/aromatic N) is 1. The second-order valence-electron chi connectivity index (χ2n) is 6.03. The summed E-state index contributed by atoms with van der Waals surface area (Å²) in [5.74, 6) is 0.669. The highest BCUT2D eigenvalue weighted by Gasteiger charge is 2.28. The summed E-state index contributed by atoms with van der Waals surface area (Å²) >= 11 is 0. The lowest BCUT2D eigenvalue weighted by Gasteiger charge is -2.41. The third-order valence-electron chi connectivity index (χ3n) is 4.35. The Labute approximate surface area is 127 Å². The van der Waals surface area contributed by atoms with Gasteiger partial charge in [0, 0.05) is 18.8 Å². The molecule has 1 fully saturated rings. The minimum absolute atomic E-state index is 0.418. The summed E-state index contributed by atoms with van der Waals surface area (Å²) in [7, 11) is 0. The number of hydrogen-bond donors (Lipinski definition) is 1. The molecule has 1 saturated heterocycles. The minimum atomic E-state index is 0.418. The molecule has 1 aliphatic rings. The maximum Gasteiger partial charge on any atom is 0.0822 e. The number of hydrogen-bond acceptors (Lipinski definition) is 2. The molecule has 2 atom stereocenters. The van der Waals surface area contributed by atoms with Gasteiger partial charge in [0.05, 0.1) is 6.17 Å². The van der Waals surface area contributed by atoms with E-state index in [4.69, 9.17) is 0 Å². The van der Waals surface area contributed by atoms with Gasteiger partial charge in [-0.25, -0.2) is 0 Å². The first-order chi connectivity index (χ1) is 10.3. The van der Waals surface area contributed by atoms with Crippen molar-refractivity contribution in [3.8, 4) is 0 Å². The molecule has 0 amide bonds. The normalized spacial score (nSPS) is 22.9. The van der Waals surface area contributed by atoms with E-state index in [1.54, 1.807) is 0 Å². The van der Waals surface area contributed by atoms with E-state index in [9.17, 15) is 0 Å². The molecule has 2 unspecified atom stereocenters. The molecule has 110 valence electrons. The Kier molecular flexibility index (Phi) is 4.56. The molecular formula is C19H24N2. The number of anilines is 1. The summed E-state index contributed by atoms with van der Waals surface area (Å²) < 4.78 is 0. The van der Waals surface area contributed by atoms with Gasteiger partial charge in [0.1, 0.15) is 0 Å². The Morgan fingerprint density at radius 1 is 1.00 bits per heavy atom. The SMILES string of the molecule is CC1CCCN(Cc2ccccc2)C1Nc1ccccc1. The molecule has 3 rings (SSSR count). The lowest BCUT2D eigenvalue weighted by Crippen LogP contribution is -2.48. The van der Waals surface area contributed by atoms with E-state index in [2.05, 4.69) is 77.8 Å². The van der Waals surface area contributed by atoms with E-state index >= 15 is 0 Å². The topological polar surface area (TPSA) is 15.3 Å². The number of likely N-dealkylation sites (tertiary alicyclic amines) is 1. The molecule has 2 heteroatoms. The molecule has 0 aromatic heterocycles. The first kappa shape index (κ1) is 14.2. The molecule has 1 heterocycles. The smallest absolute Gasteiger partial charge is 0.0822 e. The van der Waals surface area contributed by atoms with Gasteiger partial charge in [-0.05, 0) is 36.5 Å². The zero-order valence-electron chi connectivity index (χ0n) is 12.7. The van der Waals surface area contributed by atoms with Crippen LogP contribution in [0.15, 0.2) is 60.7 Å². The zero-order valence-corrected chi connectivity index (χ0v) is 12.7. The van der Waals surface area contributed by atoms with Gasteiger partial charge in [-0.3, -0.25) is 4.90 Å². The quantitative estimate of drug-likeness (QED) is 0.895. The summed E-state index contributed by atoms with van der Waals surface area (Å²) in [5, 5.41) is 3.73. The van der Waals surface area contributed by atoms with E-state index in [1.807, 2.05) is 0 Å². The molecule has 0 bridgehead atoms. The van der Waals surface area contributed by atoms with E-state index in [-0.39, 0.29) is 0 Å². The fraction of sp³-hybridized carbons (Fsp3) is 0.368. The highest BCUT2D eigenvalue weighted by Crippen LogP contribution is 2.26. The Morgan fingerprint density at radius 3 is 2.38 bits per heavy atom. The zero-order chi connectivity index (χ0) is 14.5. The van der Waals surface area contributed by atoms with Crippen LogP contribution in [-0.2, 0) is 6.54 Å². The lowest BCUT2D eigenvalue weighted by atomic mass is 9.95. The predicted molar refractivity (Wildman–Crippen MR) is 89.1 cm³/mol. The van der Waals surface area contributed by atoms with Gasteiger partial charge in [-0.15, -0.1) is 0 Å². The number of piperidine rings is 1. The van der Waals surface area contributed by atoms with Crippen molar-refractivity contribution in [2.24, 2.45) is 5.92 Å². The number of rotatable bonds is 4. The average molecular weight is 280 g/mol. The molecule has 0 radical (unpaired) electrons. The second kappa shape index (κ2) is 6.77. The third-order valence-corrected chi connectivity index (χ3v) is 4.35. The maximum absolute atomic E-state index is 3.73. The lowest BCUT2D eigenvalue weighted by molar-refractivity contribution is 0.112. The van der Waals surface area contributed by atoms with Gasteiger partial charge in [0.2, 0.25) is 0 Å². The van der Waals surface area contributed by atoms with Crippen LogP contribution in [0.3, 0.4) is 0 Å². The summed E-state index contributed by atoms with van der Waals surface area (Å²) in [4.78, 5) is 2.58. The van der Waals surface area contributed by atoms with Crippen molar-refractivity contribution in [2.75, 3.05) is 11.9 Å². The molecule has 21 heavy (non-hydrogen) atoms. The highest BCUT2D eigenvalue weighted by molar-refractivity contribution is 5.43. The van der Waals surface area contributed by atoms with Crippen LogP contribution in [0.1, 0.15) is 25.3 Å².